The summed E-state index contributed by atoms with van der Waals surface area (Å²) >= 11 is 19.8. The zero-order valence-electron chi connectivity index (χ0n) is 20.8. The van der Waals surface area contributed by atoms with Crippen molar-refractivity contribution in [3.63, 3.8) is 0 Å². The molecule has 0 spiro atoms. The molecule has 0 saturated carbocycles. The molecule has 0 fully saturated rings. The summed E-state index contributed by atoms with van der Waals surface area (Å²) in [4.78, 5) is 36.7. The van der Waals surface area contributed by atoms with Crippen LogP contribution in [0.5, 0.6) is 5.75 Å². The van der Waals surface area contributed by atoms with Crippen LogP contribution >= 0.6 is 46.1 Å². The van der Waals surface area contributed by atoms with Gasteiger partial charge in [0.25, 0.3) is 11.8 Å². The van der Waals surface area contributed by atoms with E-state index in [1.807, 2.05) is 0 Å². The van der Waals surface area contributed by atoms with E-state index in [-0.39, 0.29) is 50.2 Å². The van der Waals surface area contributed by atoms with E-state index in [0.29, 0.717) is 10.6 Å². The molecule has 1 aliphatic rings. The van der Waals surface area contributed by atoms with Gasteiger partial charge in [0.1, 0.15) is 16.4 Å². The summed E-state index contributed by atoms with van der Waals surface area (Å²) in [6.45, 7) is 0.225. The summed E-state index contributed by atoms with van der Waals surface area (Å²) in [5.41, 5.74) is 6.82. The molecule has 0 aliphatic carbocycles. The van der Waals surface area contributed by atoms with Gasteiger partial charge in [-0.05, 0) is 23.6 Å². The van der Waals surface area contributed by atoms with Crippen LogP contribution in [0.4, 0.5) is 11.5 Å². The topological polar surface area (TPSA) is 140 Å². The molecular formula is C24H23Cl3N6O5S. The third kappa shape index (κ3) is 6.21. The highest BCUT2D eigenvalue weighted by molar-refractivity contribution is 7.13. The lowest BCUT2D eigenvalue weighted by Crippen LogP contribution is -2.43. The zero-order valence-corrected chi connectivity index (χ0v) is 23.9. The van der Waals surface area contributed by atoms with Gasteiger partial charge in [-0.3, -0.25) is 9.59 Å². The molecule has 3 aromatic rings. The van der Waals surface area contributed by atoms with E-state index in [9.17, 15) is 9.59 Å². The molecular weight excluding hydrogens is 591 g/mol. The first kappa shape index (κ1) is 28.9. The van der Waals surface area contributed by atoms with Crippen molar-refractivity contribution in [1.82, 2.24) is 9.88 Å². The summed E-state index contributed by atoms with van der Waals surface area (Å²) in [6, 6.07) is 5.99. The fraction of sp³-hybridized carbons (Fsp3) is 0.250. The number of halogens is 3. The van der Waals surface area contributed by atoms with Crippen LogP contribution in [0.15, 0.2) is 40.8 Å². The number of aromatic nitrogens is 1. The molecule has 11 nitrogen and oxygen atoms in total. The van der Waals surface area contributed by atoms with Gasteiger partial charge < -0.3 is 35.5 Å². The number of benzene rings is 1. The van der Waals surface area contributed by atoms with E-state index in [1.54, 1.807) is 16.3 Å². The average molecular weight is 614 g/mol. The second-order valence-corrected chi connectivity index (χ2v) is 10.2. The predicted octanol–water partition coefficient (Wildman–Crippen LogP) is 4.69. The van der Waals surface area contributed by atoms with Crippen molar-refractivity contribution >= 4 is 75.4 Å². The van der Waals surface area contributed by atoms with Crippen molar-refractivity contribution in [3.8, 4) is 5.75 Å². The third-order valence-electron chi connectivity index (χ3n) is 5.67. The Morgan fingerprint density at radius 1 is 1.08 bits per heavy atom. The molecule has 2 amide bonds. The van der Waals surface area contributed by atoms with E-state index >= 15 is 0 Å². The number of guanidine groups is 1. The van der Waals surface area contributed by atoms with Gasteiger partial charge in [-0.15, -0.1) is 11.3 Å². The van der Waals surface area contributed by atoms with Crippen LogP contribution in [0.1, 0.15) is 25.6 Å². The second-order valence-electron chi connectivity index (χ2n) is 8.07. The number of hydrogen-bond acceptors (Lipinski definition) is 10. The number of carbonyl (C=O) groups excluding carboxylic acids is 2. The highest BCUT2D eigenvalue weighted by atomic mass is 35.5. The third-order valence-corrected chi connectivity index (χ3v) is 7.69. The summed E-state index contributed by atoms with van der Waals surface area (Å²) in [7, 11) is 4.41. The number of thiophene rings is 1. The average Bonchev–Trinajstić information content (AvgIpc) is 3.44. The molecule has 15 heteroatoms. The number of aliphatic imine (C=N–C) groups is 1. The van der Waals surface area contributed by atoms with Gasteiger partial charge in [0, 0.05) is 37.1 Å². The number of anilines is 2. The van der Waals surface area contributed by atoms with Crippen LogP contribution < -0.4 is 21.1 Å². The molecule has 4 rings (SSSR count). The smallest absolute Gasteiger partial charge is 0.267 e. The highest BCUT2D eigenvalue weighted by Gasteiger charge is 2.36. The molecule has 0 saturated heterocycles. The number of rotatable bonds is 9. The second kappa shape index (κ2) is 12.4. The standard InChI is InChI=1S/C24H23Cl3N6O5S/c1-36-15-7-13(26)6-14(20(34)30-16-5-4-12(25)8-29-16)18(15)31-21(35)19-17(27)11(10-39-19)9-33-23(38-3)22(37-2)32-24(33)28/h4-8,10,22-23H,9H2,1-3H3,(H2,28,32)(H,31,35)(H,29,30,34)/t22-,23+/m1/s1. The Kier molecular flexibility index (Phi) is 9.15. The van der Waals surface area contributed by atoms with E-state index in [1.165, 1.54) is 45.7 Å². The molecule has 0 radical (unpaired) electrons. The Hall–Kier alpha value is -3.13. The van der Waals surface area contributed by atoms with Crippen LogP contribution in [-0.4, -0.2) is 61.4 Å². The molecule has 39 heavy (non-hydrogen) atoms. The maximum atomic E-state index is 13.4. The molecule has 1 aromatic carbocycles. The fourth-order valence-corrected chi connectivity index (χ4v) is 5.38. The Balaban J connectivity index is 1.58. The van der Waals surface area contributed by atoms with Gasteiger partial charge in [0.15, 0.2) is 18.4 Å². The quantitative estimate of drug-likeness (QED) is 0.316. The molecule has 206 valence electrons. The van der Waals surface area contributed by atoms with Crippen molar-refractivity contribution in [3.05, 3.63) is 66.9 Å². The van der Waals surface area contributed by atoms with Gasteiger partial charge in [0.05, 0.1) is 35.0 Å². The van der Waals surface area contributed by atoms with Crippen LogP contribution in [0.2, 0.25) is 15.1 Å². The number of amides is 2. The van der Waals surface area contributed by atoms with Gasteiger partial charge in [-0.25, -0.2) is 9.98 Å². The van der Waals surface area contributed by atoms with Gasteiger partial charge in [-0.1, -0.05) is 34.8 Å². The van der Waals surface area contributed by atoms with Crippen molar-refractivity contribution in [1.29, 1.82) is 0 Å². The first-order chi connectivity index (χ1) is 18.7. The molecule has 0 bridgehead atoms. The number of carbonyl (C=O) groups is 2. The maximum Gasteiger partial charge on any atom is 0.267 e. The fourth-order valence-electron chi connectivity index (χ4n) is 3.81. The van der Waals surface area contributed by atoms with Gasteiger partial charge >= 0.3 is 0 Å². The number of nitrogens with two attached hydrogens (primary N) is 1. The SMILES string of the molecule is COc1cc(Cl)cc(C(=O)Nc2ccc(Cl)cn2)c1NC(=O)c1scc(CN2C(N)=N[C@H](OC)[C@@H]2OC)c1Cl. The minimum absolute atomic E-state index is 0.0481. The number of nitrogens with one attached hydrogen (secondary N) is 2. The first-order valence-corrected chi connectivity index (χ1v) is 13.2. The molecule has 2 atom stereocenters. The van der Waals surface area contributed by atoms with Crippen LogP contribution in [0.25, 0.3) is 0 Å². The van der Waals surface area contributed by atoms with E-state index < -0.39 is 24.3 Å². The van der Waals surface area contributed by atoms with Gasteiger partial charge in [-0.2, -0.15) is 0 Å². The van der Waals surface area contributed by atoms with E-state index in [2.05, 4.69) is 20.6 Å². The molecule has 4 N–H and O–H groups in total. The minimum Gasteiger partial charge on any atom is -0.494 e. The van der Waals surface area contributed by atoms with Crippen LogP contribution in [-0.2, 0) is 16.0 Å². The predicted molar refractivity (Wildman–Crippen MR) is 151 cm³/mol. The number of methoxy groups -OCH3 is 3. The van der Waals surface area contributed by atoms with E-state index in [4.69, 9.17) is 54.7 Å². The first-order valence-electron chi connectivity index (χ1n) is 11.2. The number of hydrogen-bond donors (Lipinski definition) is 3. The summed E-state index contributed by atoms with van der Waals surface area (Å²) < 4.78 is 16.2. The Morgan fingerprint density at radius 3 is 2.49 bits per heavy atom. The highest BCUT2D eigenvalue weighted by Crippen LogP contribution is 2.36. The van der Waals surface area contributed by atoms with Crippen molar-refractivity contribution in [2.45, 2.75) is 19.0 Å². The Labute approximate surface area is 242 Å². The molecule has 1 aliphatic heterocycles. The molecule has 0 unspecified atom stereocenters. The number of ether oxygens (including phenoxy) is 3. The van der Waals surface area contributed by atoms with Crippen LogP contribution in [0.3, 0.4) is 0 Å². The lowest BCUT2D eigenvalue weighted by atomic mass is 10.1. The van der Waals surface area contributed by atoms with E-state index in [0.717, 1.165) is 11.3 Å². The van der Waals surface area contributed by atoms with Crippen molar-refractivity contribution in [2.24, 2.45) is 10.7 Å². The summed E-state index contributed by atoms with van der Waals surface area (Å²) in [5.74, 6) is -0.495. The summed E-state index contributed by atoms with van der Waals surface area (Å²) in [6.07, 6.45) is 0.235. The summed E-state index contributed by atoms with van der Waals surface area (Å²) in [5, 5.41) is 7.96. The normalized spacial score (nSPS) is 16.7. The molecule has 2 aromatic heterocycles. The lowest BCUT2D eigenvalue weighted by Gasteiger charge is -2.27. The largest absolute Gasteiger partial charge is 0.494 e. The Bertz CT molecular complexity index is 1420. The lowest BCUT2D eigenvalue weighted by molar-refractivity contribution is -0.0785. The monoisotopic (exact) mass is 612 g/mol. The maximum absolute atomic E-state index is 13.4. The molecule has 3 heterocycles. The van der Waals surface area contributed by atoms with Crippen molar-refractivity contribution < 1.29 is 23.8 Å². The number of pyridine rings is 1. The van der Waals surface area contributed by atoms with Crippen LogP contribution in [0, 0.1) is 0 Å². The minimum atomic E-state index is -0.597. The van der Waals surface area contributed by atoms with Crippen molar-refractivity contribution in [2.75, 3.05) is 32.0 Å². The number of nitrogens with zero attached hydrogens (tertiary/aromatic N) is 3. The Morgan fingerprint density at radius 2 is 1.85 bits per heavy atom. The van der Waals surface area contributed by atoms with Gasteiger partial charge in [0.2, 0.25) is 0 Å². The zero-order chi connectivity index (χ0) is 28.3.